The molecule has 1 N–H and O–H groups in total. The molecule has 0 saturated heterocycles. The Morgan fingerprint density at radius 3 is 3.00 bits per heavy atom. The number of hydrogen-bond donors (Lipinski definition) is 1. The molecular formula is C10H11N3O3. The first-order valence-corrected chi connectivity index (χ1v) is 4.53. The Labute approximate surface area is 92.1 Å². The number of amides is 1. The first kappa shape index (κ1) is 11.9. The fourth-order valence-electron chi connectivity index (χ4n) is 1.12. The van der Waals surface area contributed by atoms with Gasteiger partial charge in [0.15, 0.2) is 0 Å². The van der Waals surface area contributed by atoms with E-state index in [4.69, 9.17) is 10.00 Å². The quantitative estimate of drug-likeness (QED) is 0.792. The molecule has 1 aromatic heterocycles. The number of aromatic nitrogens is 1. The van der Waals surface area contributed by atoms with Gasteiger partial charge in [-0.15, -0.1) is 0 Å². The normalized spacial score (nSPS) is 9.50. The standard InChI is InChI=1S/C10H11N3O3/c1-16-7-13-6-8(2-3-10(13)15)12-9(14)4-5-11/h2-3,6H,4,7H2,1H3,(H,12,14). The van der Waals surface area contributed by atoms with E-state index in [9.17, 15) is 9.59 Å². The number of methoxy groups -OCH3 is 1. The molecule has 0 bridgehead atoms. The second-order valence-corrected chi connectivity index (χ2v) is 3.03. The van der Waals surface area contributed by atoms with Crippen molar-refractivity contribution in [1.29, 1.82) is 5.26 Å². The Kier molecular flexibility index (Phi) is 4.24. The van der Waals surface area contributed by atoms with Crippen molar-refractivity contribution in [2.45, 2.75) is 13.2 Å². The Bertz CT molecular complexity index is 473. The average molecular weight is 221 g/mol. The third-order valence-corrected chi connectivity index (χ3v) is 1.78. The molecule has 0 radical (unpaired) electrons. The second-order valence-electron chi connectivity index (χ2n) is 3.03. The molecule has 1 aromatic rings. The summed E-state index contributed by atoms with van der Waals surface area (Å²) in [6.07, 6.45) is 1.24. The van der Waals surface area contributed by atoms with E-state index in [2.05, 4.69) is 5.32 Å². The fourth-order valence-corrected chi connectivity index (χ4v) is 1.12. The summed E-state index contributed by atoms with van der Waals surface area (Å²) in [5, 5.41) is 10.8. The minimum Gasteiger partial charge on any atom is -0.364 e. The van der Waals surface area contributed by atoms with Gasteiger partial charge in [-0.25, -0.2) is 0 Å². The highest BCUT2D eigenvalue weighted by Crippen LogP contribution is 2.03. The summed E-state index contributed by atoms with van der Waals surface area (Å²) in [5.74, 6) is -0.412. The lowest BCUT2D eigenvalue weighted by molar-refractivity contribution is -0.115. The van der Waals surface area contributed by atoms with Crippen LogP contribution in [0.3, 0.4) is 0 Å². The van der Waals surface area contributed by atoms with E-state index < -0.39 is 5.91 Å². The van der Waals surface area contributed by atoms with Gasteiger partial charge in [0.05, 0.1) is 11.8 Å². The van der Waals surface area contributed by atoms with Crippen molar-refractivity contribution in [3.05, 3.63) is 28.7 Å². The van der Waals surface area contributed by atoms with E-state index in [-0.39, 0.29) is 18.7 Å². The van der Waals surface area contributed by atoms with Crippen LogP contribution in [0.15, 0.2) is 23.1 Å². The van der Waals surface area contributed by atoms with Crippen molar-refractivity contribution in [3.8, 4) is 6.07 Å². The molecule has 84 valence electrons. The van der Waals surface area contributed by atoms with Crippen LogP contribution in [-0.2, 0) is 16.3 Å². The highest BCUT2D eigenvalue weighted by molar-refractivity contribution is 5.91. The molecule has 0 spiro atoms. The minimum absolute atomic E-state index is 0.112. The van der Waals surface area contributed by atoms with E-state index in [0.717, 1.165) is 0 Å². The zero-order chi connectivity index (χ0) is 12.0. The Hall–Kier alpha value is -2.13. The Balaban J connectivity index is 2.83. The van der Waals surface area contributed by atoms with Crippen LogP contribution in [-0.4, -0.2) is 17.6 Å². The van der Waals surface area contributed by atoms with Gasteiger partial charge in [-0.3, -0.25) is 14.2 Å². The van der Waals surface area contributed by atoms with E-state index in [1.54, 1.807) is 6.07 Å². The molecule has 0 aromatic carbocycles. The number of hydrogen-bond acceptors (Lipinski definition) is 4. The van der Waals surface area contributed by atoms with Crippen molar-refractivity contribution in [2.75, 3.05) is 12.4 Å². The van der Waals surface area contributed by atoms with Gasteiger partial charge < -0.3 is 10.1 Å². The third kappa shape index (κ3) is 3.22. The highest BCUT2D eigenvalue weighted by Gasteiger charge is 2.02. The lowest BCUT2D eigenvalue weighted by atomic mass is 10.3. The molecule has 0 aliphatic carbocycles. The van der Waals surface area contributed by atoms with Gasteiger partial charge in [-0.05, 0) is 6.07 Å². The smallest absolute Gasteiger partial charge is 0.252 e. The Morgan fingerprint density at radius 1 is 1.62 bits per heavy atom. The van der Waals surface area contributed by atoms with Crippen LogP contribution in [0.25, 0.3) is 0 Å². The molecule has 0 fully saturated rings. The molecule has 0 unspecified atom stereocenters. The fraction of sp³-hybridized carbons (Fsp3) is 0.300. The van der Waals surface area contributed by atoms with Crippen molar-refractivity contribution in [3.63, 3.8) is 0 Å². The molecule has 1 rings (SSSR count). The van der Waals surface area contributed by atoms with E-state index in [1.165, 1.54) is 30.0 Å². The van der Waals surface area contributed by atoms with E-state index in [0.29, 0.717) is 5.69 Å². The van der Waals surface area contributed by atoms with Gasteiger partial charge in [0.1, 0.15) is 13.2 Å². The summed E-state index contributed by atoms with van der Waals surface area (Å²) in [4.78, 5) is 22.4. The second kappa shape index (κ2) is 5.68. The minimum atomic E-state index is -0.412. The van der Waals surface area contributed by atoms with E-state index in [1.807, 2.05) is 0 Å². The summed E-state index contributed by atoms with van der Waals surface area (Å²) in [7, 11) is 1.47. The number of anilines is 1. The molecule has 1 heterocycles. The van der Waals surface area contributed by atoms with Gasteiger partial charge in [-0.2, -0.15) is 5.26 Å². The maximum absolute atomic E-state index is 11.3. The summed E-state index contributed by atoms with van der Waals surface area (Å²) >= 11 is 0. The number of pyridine rings is 1. The maximum Gasteiger partial charge on any atom is 0.252 e. The number of rotatable bonds is 4. The van der Waals surface area contributed by atoms with Gasteiger partial charge in [0, 0.05) is 19.4 Å². The van der Waals surface area contributed by atoms with Crippen LogP contribution in [0.1, 0.15) is 6.42 Å². The average Bonchev–Trinajstić information content (AvgIpc) is 2.24. The Morgan fingerprint density at radius 2 is 2.38 bits per heavy atom. The molecule has 0 atom stereocenters. The molecule has 6 heteroatoms. The first-order valence-electron chi connectivity index (χ1n) is 4.53. The van der Waals surface area contributed by atoms with Crippen LogP contribution >= 0.6 is 0 Å². The van der Waals surface area contributed by atoms with Gasteiger partial charge >= 0.3 is 0 Å². The summed E-state index contributed by atoms with van der Waals surface area (Å²) in [6.45, 7) is 0.112. The van der Waals surface area contributed by atoms with Crippen LogP contribution in [0.5, 0.6) is 0 Å². The van der Waals surface area contributed by atoms with Crippen molar-refractivity contribution < 1.29 is 9.53 Å². The van der Waals surface area contributed by atoms with Crippen molar-refractivity contribution in [2.24, 2.45) is 0 Å². The van der Waals surface area contributed by atoms with Gasteiger partial charge in [0.25, 0.3) is 5.56 Å². The zero-order valence-corrected chi connectivity index (χ0v) is 8.77. The summed E-state index contributed by atoms with van der Waals surface area (Å²) in [5.41, 5.74) is 0.233. The highest BCUT2D eigenvalue weighted by atomic mass is 16.5. The number of carbonyl (C=O) groups excluding carboxylic acids is 1. The summed E-state index contributed by atoms with van der Waals surface area (Å²) < 4.78 is 6.12. The molecular weight excluding hydrogens is 210 g/mol. The molecule has 0 aliphatic heterocycles. The zero-order valence-electron chi connectivity index (χ0n) is 8.77. The van der Waals surface area contributed by atoms with Crippen LogP contribution in [0, 0.1) is 11.3 Å². The van der Waals surface area contributed by atoms with Crippen molar-refractivity contribution >= 4 is 11.6 Å². The lowest BCUT2D eigenvalue weighted by Gasteiger charge is -2.07. The van der Waals surface area contributed by atoms with Crippen molar-refractivity contribution in [1.82, 2.24) is 4.57 Å². The largest absolute Gasteiger partial charge is 0.364 e. The maximum atomic E-state index is 11.3. The summed E-state index contributed by atoms with van der Waals surface area (Å²) in [6, 6.07) is 4.53. The number of ether oxygens (including phenoxy) is 1. The molecule has 0 aliphatic rings. The number of carbonyl (C=O) groups is 1. The molecule has 0 saturated carbocycles. The van der Waals surface area contributed by atoms with Crippen LogP contribution in [0.4, 0.5) is 5.69 Å². The lowest BCUT2D eigenvalue weighted by Crippen LogP contribution is -2.21. The molecule has 6 nitrogen and oxygen atoms in total. The third-order valence-electron chi connectivity index (χ3n) is 1.78. The number of nitrogens with zero attached hydrogens (tertiary/aromatic N) is 2. The molecule has 16 heavy (non-hydrogen) atoms. The predicted octanol–water partition coefficient (Wildman–Crippen LogP) is 0.304. The van der Waals surface area contributed by atoms with E-state index >= 15 is 0 Å². The van der Waals surface area contributed by atoms with Crippen LogP contribution < -0.4 is 10.9 Å². The number of nitrogens with one attached hydrogen (secondary N) is 1. The first-order chi connectivity index (χ1) is 7.67. The SMILES string of the molecule is COCn1cc(NC(=O)CC#N)ccc1=O. The van der Waals surface area contributed by atoms with Gasteiger partial charge in [0.2, 0.25) is 5.91 Å². The molecule has 1 amide bonds. The van der Waals surface area contributed by atoms with Gasteiger partial charge in [-0.1, -0.05) is 0 Å². The topological polar surface area (TPSA) is 84.1 Å². The predicted molar refractivity (Wildman–Crippen MR) is 56.6 cm³/mol. The number of nitriles is 1. The van der Waals surface area contributed by atoms with Crippen LogP contribution in [0.2, 0.25) is 0 Å². The monoisotopic (exact) mass is 221 g/mol.